The van der Waals surface area contributed by atoms with Gasteiger partial charge in [-0.1, -0.05) is 36.4 Å². The number of likely N-dealkylation sites (tertiary alicyclic amines) is 1. The van der Waals surface area contributed by atoms with Crippen molar-refractivity contribution in [1.29, 1.82) is 0 Å². The number of nitrogens with one attached hydrogen (secondary N) is 1. The number of rotatable bonds is 8. The van der Waals surface area contributed by atoms with Crippen LogP contribution in [0.4, 0.5) is 0 Å². The Labute approximate surface area is 235 Å². The van der Waals surface area contributed by atoms with Crippen LogP contribution in [0, 0.1) is 12.8 Å². The monoisotopic (exact) mass is 536 g/mol. The number of hydrogen-bond acceptors (Lipinski definition) is 4. The van der Waals surface area contributed by atoms with Gasteiger partial charge in [-0.15, -0.1) is 5.73 Å². The van der Waals surface area contributed by atoms with Crippen LogP contribution < -0.4 is 5.32 Å². The summed E-state index contributed by atoms with van der Waals surface area (Å²) < 4.78 is 7.01. The Morgan fingerprint density at radius 3 is 2.50 bits per heavy atom. The Morgan fingerprint density at radius 2 is 1.77 bits per heavy atom. The second-order valence-electron chi connectivity index (χ2n) is 10.5. The smallest absolute Gasteiger partial charge is 0.253 e. The number of fused-ring (bicyclic) bond motifs is 1. The highest BCUT2D eigenvalue weighted by Gasteiger charge is 2.25. The van der Waals surface area contributed by atoms with Crippen LogP contribution in [0.1, 0.15) is 46.9 Å². The highest BCUT2D eigenvalue weighted by atomic mass is 16.5. The topological polar surface area (TPSA) is 76.5 Å². The zero-order valence-corrected chi connectivity index (χ0v) is 23.4. The summed E-state index contributed by atoms with van der Waals surface area (Å²) in [5.41, 5.74) is 10.6. The van der Waals surface area contributed by atoms with E-state index in [2.05, 4.69) is 30.1 Å². The number of aryl methyl sites for hydroxylation is 1. The molecule has 3 aromatic rings. The molecule has 40 heavy (non-hydrogen) atoms. The van der Waals surface area contributed by atoms with Crippen molar-refractivity contribution in [1.82, 2.24) is 20.0 Å². The summed E-state index contributed by atoms with van der Waals surface area (Å²) in [6, 6.07) is 16.3. The van der Waals surface area contributed by atoms with Crippen LogP contribution in [0.25, 0.3) is 22.8 Å². The van der Waals surface area contributed by atoms with Gasteiger partial charge >= 0.3 is 0 Å². The molecule has 206 valence electrons. The summed E-state index contributed by atoms with van der Waals surface area (Å²) in [6.45, 7) is 7.22. The van der Waals surface area contributed by atoms with Crippen molar-refractivity contribution in [2.45, 2.75) is 33.2 Å². The minimum Gasteiger partial charge on any atom is -0.383 e. The van der Waals surface area contributed by atoms with Crippen LogP contribution in [0.3, 0.4) is 0 Å². The standard InChI is InChI=1S/C33H36N4O3/c1-23-7-4-5-8-28(23)26-11-13-27(14-12-26)33(39)36-18-15-25(16-19-36)21-37-22-30-24(2)29(9-6-10-31(30)35-37)32(38)34-17-20-40-3/h4-5,7-14,22,25H,15-21H2,1-3H3,(H,34,38). The van der Waals surface area contributed by atoms with E-state index in [0.717, 1.165) is 60.4 Å². The third-order valence-corrected chi connectivity index (χ3v) is 7.82. The lowest BCUT2D eigenvalue weighted by Crippen LogP contribution is -2.39. The van der Waals surface area contributed by atoms with Crippen LogP contribution in [-0.4, -0.2) is 59.8 Å². The number of allylic oxidation sites excluding steroid dienone is 1. The van der Waals surface area contributed by atoms with Crippen molar-refractivity contribution in [2.75, 3.05) is 33.4 Å². The fraction of sp³-hybridized carbons (Fsp3) is 0.333. The first-order valence-electron chi connectivity index (χ1n) is 13.9. The Kier molecular flexibility index (Phi) is 8.44. The van der Waals surface area contributed by atoms with Gasteiger partial charge in [0.25, 0.3) is 11.8 Å². The number of ether oxygens (including phenoxy) is 1. The SMILES string of the molecule is COCCNC(=O)C1=C(C)c2cn(CC3CCN(C(=O)c4ccc(-c5ccccc5C)cc4)CC3)nc2C=C=C1. The molecule has 0 unspecified atom stereocenters. The van der Waals surface area contributed by atoms with E-state index in [1.807, 2.05) is 65.2 Å². The molecule has 1 aliphatic heterocycles. The molecule has 5 rings (SSSR count). The molecule has 0 saturated carbocycles. The predicted molar refractivity (Wildman–Crippen MR) is 157 cm³/mol. The molecular weight excluding hydrogens is 500 g/mol. The predicted octanol–water partition coefficient (Wildman–Crippen LogP) is 5.13. The van der Waals surface area contributed by atoms with Crippen molar-refractivity contribution < 1.29 is 14.3 Å². The molecule has 1 saturated heterocycles. The van der Waals surface area contributed by atoms with Crippen LogP contribution in [-0.2, 0) is 16.1 Å². The lowest BCUT2D eigenvalue weighted by Gasteiger charge is -2.32. The first kappa shape index (κ1) is 27.4. The van der Waals surface area contributed by atoms with E-state index < -0.39 is 0 Å². The fourth-order valence-electron chi connectivity index (χ4n) is 5.44. The van der Waals surface area contributed by atoms with Crippen LogP contribution >= 0.6 is 0 Å². The zero-order chi connectivity index (χ0) is 28.1. The van der Waals surface area contributed by atoms with Crippen molar-refractivity contribution >= 4 is 23.5 Å². The molecular formula is C33H36N4O3. The van der Waals surface area contributed by atoms with Gasteiger partial charge in [0.1, 0.15) is 5.69 Å². The Bertz CT molecular complexity index is 1480. The molecule has 1 N–H and O–H groups in total. The molecule has 2 amide bonds. The average molecular weight is 537 g/mol. The van der Waals surface area contributed by atoms with Gasteiger partial charge in [0.2, 0.25) is 0 Å². The van der Waals surface area contributed by atoms with Crippen LogP contribution in [0.2, 0.25) is 0 Å². The van der Waals surface area contributed by atoms with Crippen LogP contribution in [0.5, 0.6) is 0 Å². The number of aromatic nitrogens is 2. The molecule has 7 nitrogen and oxygen atoms in total. The zero-order valence-electron chi connectivity index (χ0n) is 23.4. The van der Waals surface area contributed by atoms with Gasteiger partial charge < -0.3 is 15.0 Å². The highest BCUT2D eigenvalue weighted by Crippen LogP contribution is 2.28. The first-order valence-corrected chi connectivity index (χ1v) is 13.9. The molecule has 2 aliphatic rings. The largest absolute Gasteiger partial charge is 0.383 e. The quantitative estimate of drug-likeness (QED) is 0.320. The van der Waals surface area contributed by atoms with Gasteiger partial charge in [-0.05, 0) is 73.1 Å². The molecule has 0 bridgehead atoms. The van der Waals surface area contributed by atoms with E-state index in [9.17, 15) is 9.59 Å². The fourth-order valence-corrected chi connectivity index (χ4v) is 5.44. The highest BCUT2D eigenvalue weighted by molar-refractivity contribution is 6.04. The summed E-state index contributed by atoms with van der Waals surface area (Å²) in [6.07, 6.45) is 7.42. The molecule has 2 aromatic carbocycles. The lowest BCUT2D eigenvalue weighted by atomic mass is 9.95. The Hall–Kier alpha value is -4.19. The van der Waals surface area contributed by atoms with E-state index in [1.54, 1.807) is 13.2 Å². The van der Waals surface area contributed by atoms with Gasteiger partial charge in [0, 0.05) is 56.7 Å². The number of piperidine rings is 1. The second kappa shape index (κ2) is 12.3. The maximum atomic E-state index is 13.2. The minimum atomic E-state index is -0.141. The lowest BCUT2D eigenvalue weighted by molar-refractivity contribution is -0.117. The van der Waals surface area contributed by atoms with Crippen molar-refractivity contribution in [3.8, 4) is 11.1 Å². The summed E-state index contributed by atoms with van der Waals surface area (Å²) in [5.74, 6) is 0.379. The maximum absolute atomic E-state index is 13.2. The number of carbonyl (C=O) groups excluding carboxylic acids is 2. The Morgan fingerprint density at radius 1 is 1.02 bits per heavy atom. The summed E-state index contributed by atoms with van der Waals surface area (Å²) in [4.78, 5) is 27.8. The third kappa shape index (κ3) is 6.01. The molecule has 1 aliphatic carbocycles. The second-order valence-corrected chi connectivity index (χ2v) is 10.5. The maximum Gasteiger partial charge on any atom is 0.253 e. The van der Waals surface area contributed by atoms with Crippen molar-refractivity contribution in [3.63, 3.8) is 0 Å². The number of carbonyl (C=O) groups is 2. The van der Waals surface area contributed by atoms with Crippen LogP contribution in [0.15, 0.2) is 72.1 Å². The summed E-state index contributed by atoms with van der Waals surface area (Å²) in [7, 11) is 1.61. The van der Waals surface area contributed by atoms with Gasteiger partial charge in [-0.2, -0.15) is 5.10 Å². The van der Waals surface area contributed by atoms with E-state index in [0.29, 0.717) is 24.6 Å². The Balaban J connectivity index is 1.19. The molecule has 0 radical (unpaired) electrons. The third-order valence-electron chi connectivity index (χ3n) is 7.82. The van der Waals surface area contributed by atoms with Crippen molar-refractivity contribution in [3.05, 3.63) is 94.5 Å². The molecule has 2 heterocycles. The number of benzene rings is 2. The molecule has 7 heteroatoms. The minimum absolute atomic E-state index is 0.0922. The van der Waals surface area contributed by atoms with Gasteiger partial charge in [0.05, 0.1) is 12.2 Å². The number of methoxy groups -OCH3 is 1. The first-order chi connectivity index (χ1) is 19.4. The van der Waals surface area contributed by atoms with Crippen molar-refractivity contribution in [2.24, 2.45) is 5.92 Å². The normalized spacial score (nSPS) is 15.2. The average Bonchev–Trinajstić information content (AvgIpc) is 3.31. The van der Waals surface area contributed by atoms with Gasteiger partial charge in [-0.25, -0.2) is 0 Å². The van der Waals surface area contributed by atoms with Gasteiger partial charge in [0.15, 0.2) is 0 Å². The number of hydrogen-bond donors (Lipinski definition) is 1. The molecule has 1 aromatic heterocycles. The summed E-state index contributed by atoms with van der Waals surface area (Å²) >= 11 is 0. The van der Waals surface area contributed by atoms with Gasteiger partial charge in [-0.3, -0.25) is 14.3 Å². The van der Waals surface area contributed by atoms with E-state index in [1.165, 1.54) is 11.1 Å². The molecule has 0 atom stereocenters. The summed E-state index contributed by atoms with van der Waals surface area (Å²) in [5, 5.41) is 7.66. The van der Waals surface area contributed by atoms with E-state index in [4.69, 9.17) is 9.84 Å². The molecule has 1 fully saturated rings. The number of nitrogens with zero attached hydrogens (tertiary/aromatic N) is 3. The van der Waals surface area contributed by atoms with E-state index >= 15 is 0 Å². The number of amides is 2. The molecule has 0 spiro atoms. The van der Waals surface area contributed by atoms with E-state index in [-0.39, 0.29) is 11.8 Å².